The highest BCUT2D eigenvalue weighted by Gasteiger charge is 2.35. The number of hydrogen-bond acceptors (Lipinski definition) is 6. The van der Waals surface area contributed by atoms with Crippen LogP contribution in [0.4, 0.5) is 0 Å². The van der Waals surface area contributed by atoms with Crippen LogP contribution in [0.15, 0.2) is 53.0 Å². The van der Waals surface area contributed by atoms with Gasteiger partial charge in [-0.25, -0.2) is 9.78 Å². The van der Waals surface area contributed by atoms with Crippen LogP contribution in [0.5, 0.6) is 5.75 Å². The summed E-state index contributed by atoms with van der Waals surface area (Å²) in [5.41, 5.74) is 2.34. The molecule has 0 radical (unpaired) electrons. The summed E-state index contributed by atoms with van der Waals surface area (Å²) in [7, 11) is 0. The minimum Gasteiger partial charge on any atom is -0.493 e. The van der Waals surface area contributed by atoms with Gasteiger partial charge in [0, 0.05) is 23.8 Å². The molecule has 0 spiro atoms. The Morgan fingerprint density at radius 2 is 2.08 bits per heavy atom. The molecule has 0 bridgehead atoms. The predicted molar refractivity (Wildman–Crippen MR) is 157 cm³/mol. The standard InChI is InChI=1S/C31H40N2O5S/c1-6-7-9-13-28(34)33-18-16-23-14-15-24(21-25(23)29(33)30(35)36)37-19-17-26-22(2)38-27(32-26)12-10-8-11-20-39-31(3,4)5/h6-7,9-10,12-15,21,29H,8,11,16-20H2,1-5H3,(H,35,36)/b7-6?,12-10+,13-9?. The van der Waals surface area contributed by atoms with Crippen molar-refractivity contribution >= 4 is 29.7 Å². The maximum Gasteiger partial charge on any atom is 0.331 e. The van der Waals surface area contributed by atoms with E-state index in [0.717, 1.165) is 35.6 Å². The van der Waals surface area contributed by atoms with E-state index in [-0.39, 0.29) is 5.91 Å². The molecule has 2 heterocycles. The van der Waals surface area contributed by atoms with Gasteiger partial charge >= 0.3 is 5.97 Å². The van der Waals surface area contributed by atoms with E-state index in [1.807, 2.05) is 43.8 Å². The molecule has 1 aliphatic heterocycles. The van der Waals surface area contributed by atoms with E-state index in [2.05, 4.69) is 31.8 Å². The lowest BCUT2D eigenvalue weighted by molar-refractivity contribution is -0.149. The maximum absolute atomic E-state index is 12.7. The number of aromatic nitrogens is 1. The second kappa shape index (κ2) is 14.2. The Balaban J connectivity index is 1.58. The number of rotatable bonds is 12. The van der Waals surface area contributed by atoms with E-state index in [4.69, 9.17) is 9.15 Å². The second-order valence-electron chi connectivity index (χ2n) is 10.4. The Morgan fingerprint density at radius 3 is 2.79 bits per heavy atom. The number of ether oxygens (including phenoxy) is 1. The first-order valence-electron chi connectivity index (χ1n) is 13.4. The van der Waals surface area contributed by atoms with Crippen molar-refractivity contribution in [3.8, 4) is 5.75 Å². The molecule has 0 saturated heterocycles. The zero-order valence-corrected chi connectivity index (χ0v) is 24.4. The number of nitrogens with zero attached hydrogens (tertiary/aromatic N) is 2. The lowest BCUT2D eigenvalue weighted by atomic mass is 9.92. The third-order valence-electron chi connectivity index (χ3n) is 6.23. The van der Waals surface area contributed by atoms with Crippen molar-refractivity contribution in [3.63, 3.8) is 0 Å². The normalized spacial score (nSPS) is 15.9. The summed E-state index contributed by atoms with van der Waals surface area (Å²) >= 11 is 1.97. The lowest BCUT2D eigenvalue weighted by Gasteiger charge is -2.34. The Labute approximate surface area is 236 Å². The number of oxazole rings is 1. The first-order chi connectivity index (χ1) is 18.6. The van der Waals surface area contributed by atoms with Crippen LogP contribution in [0.2, 0.25) is 0 Å². The number of thioether (sulfide) groups is 1. The molecule has 1 aromatic carbocycles. The number of aryl methyl sites for hydroxylation is 1. The van der Waals surface area contributed by atoms with Crippen LogP contribution in [0.25, 0.3) is 6.08 Å². The molecule has 1 unspecified atom stereocenters. The predicted octanol–water partition coefficient (Wildman–Crippen LogP) is 6.57. The lowest BCUT2D eigenvalue weighted by Crippen LogP contribution is -2.42. The van der Waals surface area contributed by atoms with Gasteiger partial charge in [-0.15, -0.1) is 0 Å². The summed E-state index contributed by atoms with van der Waals surface area (Å²) in [5, 5.41) is 9.96. The van der Waals surface area contributed by atoms with Crippen LogP contribution in [0.1, 0.15) is 75.1 Å². The number of allylic oxidation sites excluding steroid dienone is 4. The summed E-state index contributed by atoms with van der Waals surface area (Å²) in [6, 6.07) is 4.43. The van der Waals surface area contributed by atoms with Crippen LogP contribution in [-0.4, -0.2) is 50.5 Å². The average molecular weight is 553 g/mol. The zero-order valence-electron chi connectivity index (χ0n) is 23.6. The van der Waals surface area contributed by atoms with E-state index in [9.17, 15) is 14.7 Å². The van der Waals surface area contributed by atoms with Gasteiger partial charge in [0.2, 0.25) is 11.8 Å². The summed E-state index contributed by atoms with van der Waals surface area (Å²) in [4.78, 5) is 30.8. The fraction of sp³-hybridized carbons (Fsp3) is 0.452. The van der Waals surface area contributed by atoms with Crippen molar-refractivity contribution in [2.45, 2.75) is 71.1 Å². The molecule has 0 saturated carbocycles. The molecule has 2 aromatic rings. The van der Waals surface area contributed by atoms with Gasteiger partial charge in [-0.3, -0.25) is 4.79 Å². The van der Waals surface area contributed by atoms with Crippen LogP contribution < -0.4 is 4.74 Å². The molecule has 0 fully saturated rings. The Morgan fingerprint density at radius 1 is 1.28 bits per heavy atom. The van der Waals surface area contributed by atoms with E-state index < -0.39 is 12.0 Å². The Hall–Kier alpha value is -3.26. The Bertz CT molecular complexity index is 1220. The second-order valence-corrected chi connectivity index (χ2v) is 12.3. The summed E-state index contributed by atoms with van der Waals surface area (Å²) in [6.45, 7) is 11.2. The third-order valence-corrected chi connectivity index (χ3v) is 7.59. The number of carbonyl (C=O) groups excluding carboxylic acids is 1. The molecule has 1 aromatic heterocycles. The van der Waals surface area contributed by atoms with Gasteiger partial charge in [0.25, 0.3) is 0 Å². The molecule has 39 heavy (non-hydrogen) atoms. The first kappa shape index (κ1) is 30.3. The molecule has 1 amide bonds. The molecule has 1 N–H and O–H groups in total. The van der Waals surface area contributed by atoms with Gasteiger partial charge in [0.05, 0.1) is 12.3 Å². The number of hydrogen-bond donors (Lipinski definition) is 1. The maximum atomic E-state index is 12.7. The molecule has 8 heteroatoms. The van der Waals surface area contributed by atoms with Gasteiger partial charge in [-0.2, -0.15) is 11.8 Å². The third kappa shape index (κ3) is 9.17. The van der Waals surface area contributed by atoms with Crippen LogP contribution >= 0.6 is 11.8 Å². The fourth-order valence-corrected chi connectivity index (χ4v) is 5.24. The van der Waals surface area contributed by atoms with Crippen molar-refractivity contribution < 1.29 is 23.8 Å². The number of carboxylic acid groups (broad SMARTS) is 1. The average Bonchev–Trinajstić information content (AvgIpc) is 3.23. The van der Waals surface area contributed by atoms with Crippen molar-refractivity contribution in [1.29, 1.82) is 0 Å². The quantitative estimate of drug-likeness (QED) is 0.181. The molecule has 7 nitrogen and oxygen atoms in total. The molecule has 210 valence electrons. The smallest absolute Gasteiger partial charge is 0.331 e. The van der Waals surface area contributed by atoms with Gasteiger partial charge in [-0.1, -0.05) is 51.1 Å². The van der Waals surface area contributed by atoms with E-state index in [1.165, 1.54) is 11.0 Å². The number of benzene rings is 1. The topological polar surface area (TPSA) is 92.9 Å². The highest BCUT2D eigenvalue weighted by atomic mass is 32.2. The van der Waals surface area contributed by atoms with Crippen LogP contribution in [0, 0.1) is 6.92 Å². The van der Waals surface area contributed by atoms with E-state index >= 15 is 0 Å². The first-order valence-corrected chi connectivity index (χ1v) is 14.4. The van der Waals surface area contributed by atoms with Crippen molar-refractivity contribution in [3.05, 3.63) is 77.1 Å². The summed E-state index contributed by atoms with van der Waals surface area (Å²) < 4.78 is 12.1. The van der Waals surface area contributed by atoms with Gasteiger partial charge in [0.15, 0.2) is 6.04 Å². The molecule has 0 aliphatic carbocycles. The summed E-state index contributed by atoms with van der Waals surface area (Å²) in [6.07, 6.45) is 13.8. The van der Waals surface area contributed by atoms with Crippen LogP contribution in [0.3, 0.4) is 0 Å². The zero-order chi connectivity index (χ0) is 28.4. The summed E-state index contributed by atoms with van der Waals surface area (Å²) in [5.74, 6) is 1.66. The van der Waals surface area contributed by atoms with Crippen LogP contribution in [-0.2, 0) is 22.4 Å². The Kier molecular flexibility index (Phi) is 11.0. The van der Waals surface area contributed by atoms with E-state index in [1.54, 1.807) is 24.3 Å². The van der Waals surface area contributed by atoms with Gasteiger partial charge in [-0.05, 0) is 68.2 Å². The van der Waals surface area contributed by atoms with Crippen molar-refractivity contribution in [1.82, 2.24) is 9.88 Å². The number of fused-ring (bicyclic) bond motifs is 1. The number of unbranched alkanes of at least 4 members (excludes halogenated alkanes) is 1. The van der Waals surface area contributed by atoms with E-state index in [0.29, 0.717) is 47.9 Å². The largest absolute Gasteiger partial charge is 0.493 e. The molecule has 3 rings (SSSR count). The van der Waals surface area contributed by atoms with Crippen molar-refractivity contribution in [2.24, 2.45) is 0 Å². The fourth-order valence-electron chi connectivity index (χ4n) is 4.31. The number of amides is 1. The number of carbonyl (C=O) groups is 2. The number of carboxylic acids is 1. The monoisotopic (exact) mass is 552 g/mol. The highest BCUT2D eigenvalue weighted by molar-refractivity contribution is 8.00. The van der Waals surface area contributed by atoms with Crippen molar-refractivity contribution in [2.75, 3.05) is 18.9 Å². The number of aliphatic carboxylic acids is 1. The molecule has 1 atom stereocenters. The minimum absolute atomic E-state index is 0.292. The minimum atomic E-state index is -1.06. The molecular formula is C31H40N2O5S. The molecular weight excluding hydrogens is 512 g/mol. The molecule has 1 aliphatic rings. The SMILES string of the molecule is CC=CC=CC(=O)N1CCc2ccc(OCCc3nc(/C=C/CCCSC(C)(C)C)oc3C)cc2C1C(=O)O. The van der Waals surface area contributed by atoms with Gasteiger partial charge < -0.3 is 19.2 Å². The highest BCUT2D eigenvalue weighted by Crippen LogP contribution is 2.33. The van der Waals surface area contributed by atoms with Gasteiger partial charge in [0.1, 0.15) is 11.5 Å².